The molecule has 1 saturated carbocycles. The summed E-state index contributed by atoms with van der Waals surface area (Å²) in [6.45, 7) is 2.21. The van der Waals surface area contributed by atoms with E-state index in [2.05, 4.69) is 15.5 Å². The van der Waals surface area contributed by atoms with Crippen molar-refractivity contribution in [1.29, 1.82) is 0 Å². The number of ether oxygens (including phenoxy) is 1. The molecule has 0 atom stereocenters. The number of carbonyl (C=O) groups excluding carboxylic acids is 1. The summed E-state index contributed by atoms with van der Waals surface area (Å²) in [5.41, 5.74) is 1.13. The smallest absolute Gasteiger partial charge is 0.277 e. The van der Waals surface area contributed by atoms with Crippen LogP contribution in [0, 0.1) is 6.92 Å². The van der Waals surface area contributed by atoms with Crippen LogP contribution in [0.2, 0.25) is 0 Å². The fourth-order valence-electron chi connectivity index (χ4n) is 1.83. The maximum absolute atomic E-state index is 11.6. The summed E-state index contributed by atoms with van der Waals surface area (Å²) in [5.74, 6) is 1.45. The number of nitrogens with zero attached hydrogens (tertiary/aromatic N) is 2. The highest BCUT2D eigenvalue weighted by molar-refractivity contribution is 7.99. The lowest BCUT2D eigenvalue weighted by molar-refractivity contribution is -0.118. The highest BCUT2D eigenvalue weighted by Gasteiger charge is 2.23. The van der Waals surface area contributed by atoms with Gasteiger partial charge in [0.05, 0.1) is 5.75 Å². The summed E-state index contributed by atoms with van der Waals surface area (Å²) in [6, 6.07) is 8.11. The number of hydrogen-bond donors (Lipinski definition) is 1. The SMILES string of the molecule is Cc1cccc(OCc2nnc(SCC(=O)NC3CC3)o2)c1. The van der Waals surface area contributed by atoms with Gasteiger partial charge in [0.25, 0.3) is 11.1 Å². The number of amides is 1. The van der Waals surface area contributed by atoms with Gasteiger partial charge in [0, 0.05) is 6.04 Å². The minimum absolute atomic E-state index is 0.00302. The van der Waals surface area contributed by atoms with Crippen molar-refractivity contribution >= 4 is 17.7 Å². The van der Waals surface area contributed by atoms with E-state index in [1.54, 1.807) is 0 Å². The third-order valence-corrected chi connectivity index (χ3v) is 3.89. The van der Waals surface area contributed by atoms with E-state index in [-0.39, 0.29) is 18.3 Å². The Hall–Kier alpha value is -2.02. The summed E-state index contributed by atoms with van der Waals surface area (Å²) >= 11 is 1.24. The van der Waals surface area contributed by atoms with E-state index in [4.69, 9.17) is 9.15 Å². The molecule has 0 spiro atoms. The Kier molecular flexibility index (Phi) is 4.62. The number of aromatic nitrogens is 2. The number of aryl methyl sites for hydroxylation is 1. The number of rotatable bonds is 7. The molecule has 0 aliphatic heterocycles. The van der Waals surface area contributed by atoms with Gasteiger partial charge in [-0.1, -0.05) is 23.9 Å². The summed E-state index contributed by atoms with van der Waals surface area (Å²) in [6.07, 6.45) is 2.16. The molecule has 7 heteroatoms. The third-order valence-electron chi connectivity index (χ3n) is 3.07. The van der Waals surface area contributed by atoms with Crippen molar-refractivity contribution in [3.8, 4) is 5.75 Å². The van der Waals surface area contributed by atoms with Crippen LogP contribution in [-0.2, 0) is 11.4 Å². The molecule has 6 nitrogen and oxygen atoms in total. The minimum Gasteiger partial charge on any atom is -0.484 e. The number of nitrogens with one attached hydrogen (secondary N) is 1. The lowest BCUT2D eigenvalue weighted by Gasteiger charge is -2.03. The maximum atomic E-state index is 11.6. The molecule has 116 valence electrons. The molecule has 22 heavy (non-hydrogen) atoms. The second kappa shape index (κ2) is 6.83. The van der Waals surface area contributed by atoms with Gasteiger partial charge < -0.3 is 14.5 Å². The van der Waals surface area contributed by atoms with Gasteiger partial charge in [0.1, 0.15) is 5.75 Å². The van der Waals surface area contributed by atoms with Gasteiger partial charge in [0.2, 0.25) is 5.91 Å². The molecule has 0 bridgehead atoms. The molecule has 1 aliphatic carbocycles. The second-order valence-corrected chi connectivity index (χ2v) is 6.12. The van der Waals surface area contributed by atoms with Crippen molar-refractivity contribution in [3.05, 3.63) is 35.7 Å². The zero-order valence-electron chi connectivity index (χ0n) is 12.2. The molecule has 0 radical (unpaired) electrons. The first-order valence-corrected chi connectivity index (χ1v) is 8.11. The number of carbonyl (C=O) groups is 1. The molecule has 1 aromatic heterocycles. The highest BCUT2D eigenvalue weighted by atomic mass is 32.2. The van der Waals surface area contributed by atoms with Crippen molar-refractivity contribution in [2.45, 2.75) is 37.6 Å². The second-order valence-electron chi connectivity index (χ2n) is 5.20. The molecule has 1 aromatic carbocycles. The van der Waals surface area contributed by atoms with Crippen LogP contribution in [0.3, 0.4) is 0 Å². The van der Waals surface area contributed by atoms with E-state index in [0.717, 1.165) is 24.2 Å². The average molecular weight is 319 g/mol. The quantitative estimate of drug-likeness (QED) is 0.789. The predicted molar refractivity (Wildman–Crippen MR) is 81.7 cm³/mol. The molecular weight excluding hydrogens is 302 g/mol. The van der Waals surface area contributed by atoms with Gasteiger partial charge in [-0.05, 0) is 37.5 Å². The van der Waals surface area contributed by atoms with E-state index in [9.17, 15) is 4.79 Å². The van der Waals surface area contributed by atoms with Crippen molar-refractivity contribution in [1.82, 2.24) is 15.5 Å². The summed E-state index contributed by atoms with van der Waals surface area (Å²) in [4.78, 5) is 11.6. The van der Waals surface area contributed by atoms with Crippen LogP contribution in [0.1, 0.15) is 24.3 Å². The maximum Gasteiger partial charge on any atom is 0.277 e. The monoisotopic (exact) mass is 319 g/mol. The molecule has 0 unspecified atom stereocenters. The summed E-state index contributed by atoms with van der Waals surface area (Å²) in [7, 11) is 0. The van der Waals surface area contributed by atoms with Gasteiger partial charge in [-0.2, -0.15) is 0 Å². The van der Waals surface area contributed by atoms with Crippen molar-refractivity contribution in [2.75, 3.05) is 5.75 Å². The van der Waals surface area contributed by atoms with Crippen LogP contribution in [0.4, 0.5) is 0 Å². The van der Waals surface area contributed by atoms with Crippen LogP contribution in [0.15, 0.2) is 33.9 Å². The van der Waals surface area contributed by atoms with E-state index >= 15 is 0 Å². The first kappa shape index (κ1) is 14.9. The average Bonchev–Trinajstić information content (AvgIpc) is 3.19. The summed E-state index contributed by atoms with van der Waals surface area (Å²) in [5, 5.41) is 11.1. The lowest BCUT2D eigenvalue weighted by Crippen LogP contribution is -2.26. The third kappa shape index (κ3) is 4.49. The minimum atomic E-state index is 0.00302. The van der Waals surface area contributed by atoms with Gasteiger partial charge in [-0.3, -0.25) is 4.79 Å². The molecule has 1 heterocycles. The van der Waals surface area contributed by atoms with Gasteiger partial charge in [0.15, 0.2) is 6.61 Å². The normalized spacial score (nSPS) is 13.9. The Labute approximate surface area is 132 Å². The topological polar surface area (TPSA) is 77.2 Å². The number of benzene rings is 1. The largest absolute Gasteiger partial charge is 0.484 e. The zero-order chi connectivity index (χ0) is 15.4. The fraction of sp³-hybridized carbons (Fsp3) is 0.400. The van der Waals surface area contributed by atoms with Gasteiger partial charge in [-0.15, -0.1) is 10.2 Å². The Morgan fingerprint density at radius 1 is 1.45 bits per heavy atom. The van der Waals surface area contributed by atoms with Crippen molar-refractivity contribution in [2.24, 2.45) is 0 Å². The van der Waals surface area contributed by atoms with Crippen LogP contribution >= 0.6 is 11.8 Å². The predicted octanol–water partition coefficient (Wildman–Crippen LogP) is 2.33. The standard InChI is InChI=1S/C15H17N3O3S/c1-10-3-2-4-12(7-10)20-8-14-17-18-15(21-14)22-9-13(19)16-11-5-6-11/h2-4,7,11H,5-6,8-9H2,1H3,(H,16,19). The Bertz CT molecular complexity index is 655. The van der Waals surface area contributed by atoms with E-state index in [1.807, 2.05) is 31.2 Å². The van der Waals surface area contributed by atoms with Gasteiger partial charge in [-0.25, -0.2) is 0 Å². The van der Waals surface area contributed by atoms with Crippen LogP contribution in [0.5, 0.6) is 5.75 Å². The molecule has 2 aromatic rings. The Balaban J connectivity index is 1.45. The van der Waals surface area contributed by atoms with Crippen LogP contribution in [0.25, 0.3) is 0 Å². The molecule has 1 amide bonds. The fourth-order valence-corrected chi connectivity index (χ4v) is 2.42. The van der Waals surface area contributed by atoms with Crippen LogP contribution in [-0.4, -0.2) is 27.9 Å². The van der Waals surface area contributed by atoms with Crippen LogP contribution < -0.4 is 10.1 Å². The molecule has 0 saturated heterocycles. The first-order chi connectivity index (χ1) is 10.7. The van der Waals surface area contributed by atoms with E-state index in [1.165, 1.54) is 11.8 Å². The van der Waals surface area contributed by atoms with Gasteiger partial charge >= 0.3 is 0 Å². The molecule has 1 N–H and O–H groups in total. The van der Waals surface area contributed by atoms with E-state index in [0.29, 0.717) is 17.2 Å². The zero-order valence-corrected chi connectivity index (χ0v) is 13.1. The summed E-state index contributed by atoms with van der Waals surface area (Å²) < 4.78 is 11.0. The lowest BCUT2D eigenvalue weighted by atomic mass is 10.2. The molecular formula is C15H17N3O3S. The molecule has 1 fully saturated rings. The molecule has 3 rings (SSSR count). The molecule has 1 aliphatic rings. The Morgan fingerprint density at radius 2 is 2.32 bits per heavy atom. The Morgan fingerprint density at radius 3 is 3.09 bits per heavy atom. The van der Waals surface area contributed by atoms with E-state index < -0.39 is 0 Å². The number of thioether (sulfide) groups is 1. The van der Waals surface area contributed by atoms with Crippen molar-refractivity contribution < 1.29 is 13.9 Å². The first-order valence-electron chi connectivity index (χ1n) is 7.13. The number of hydrogen-bond acceptors (Lipinski definition) is 6. The highest BCUT2D eigenvalue weighted by Crippen LogP contribution is 2.21. The van der Waals surface area contributed by atoms with Crippen molar-refractivity contribution in [3.63, 3.8) is 0 Å².